The van der Waals surface area contributed by atoms with Gasteiger partial charge in [0.25, 0.3) is 0 Å². The summed E-state index contributed by atoms with van der Waals surface area (Å²) in [7, 11) is 0. The number of carbonyl (C=O) groups is 5. The minimum atomic E-state index is -0.779. The third kappa shape index (κ3) is 25.2. The summed E-state index contributed by atoms with van der Waals surface area (Å²) in [6.07, 6.45) is 21.3. The minimum Gasteiger partial charge on any atom is -0.388 e. The SMILES string of the molecule is C=C(C#N)C(O)CCC1CCN(C(=O)Nc2ccc(C)c(Nc3nccc(-c4cccnc4)n3)c2)CC1.C=C(CSC1CCN(C(=O)Nc2ccc(C)c(Nc3nccc(-c4cccnc4)n3)c2)CC1)C(C)=O.C=C(CSCCN1CCC(C(=O)Nc2ccc(C)c(Nc3nccc(-c4cccnc4)n3)c2)CC1)C(C)=O. The molecule has 6 aromatic heterocycles. The van der Waals surface area contributed by atoms with Gasteiger partial charge in [0.1, 0.15) is 0 Å². The van der Waals surface area contributed by atoms with Crippen LogP contribution in [0, 0.1) is 43.9 Å². The van der Waals surface area contributed by atoms with Crippen molar-refractivity contribution in [3.63, 3.8) is 0 Å². The van der Waals surface area contributed by atoms with Crippen LogP contribution in [0.2, 0.25) is 0 Å². The summed E-state index contributed by atoms with van der Waals surface area (Å²) in [4.78, 5) is 107. The fourth-order valence-electron chi connectivity index (χ4n) is 12.3. The van der Waals surface area contributed by atoms with E-state index < -0.39 is 6.10 Å². The Morgan fingerprint density at radius 3 is 1.36 bits per heavy atom. The van der Waals surface area contributed by atoms with Crippen molar-refractivity contribution in [1.29, 1.82) is 5.26 Å². The Bertz CT molecular complexity index is 4740. The predicted molar refractivity (Wildman–Crippen MR) is 443 cm³/mol. The summed E-state index contributed by atoms with van der Waals surface area (Å²) in [5.74, 6) is 4.27. The van der Waals surface area contributed by atoms with Gasteiger partial charge in [0, 0.05) is 168 Å². The maximum absolute atomic E-state index is 13.0. The van der Waals surface area contributed by atoms with E-state index in [1.165, 1.54) is 0 Å². The number of aliphatic hydroxyl groups is 1. The van der Waals surface area contributed by atoms with Crippen LogP contribution in [0.4, 0.5) is 61.6 Å². The Balaban J connectivity index is 0.000000177. The van der Waals surface area contributed by atoms with Gasteiger partial charge in [-0.3, -0.25) is 29.3 Å². The average molecular weight is 1530 g/mol. The number of aliphatic hydroxyl groups excluding tert-OH is 1. The molecule has 0 radical (unpaired) electrons. The first-order valence-corrected chi connectivity index (χ1v) is 39.2. The second-order valence-corrected chi connectivity index (χ2v) is 29.9. The summed E-state index contributed by atoms with van der Waals surface area (Å²) >= 11 is 3.49. The molecule has 7 N–H and O–H groups in total. The Morgan fingerprint density at radius 1 is 0.541 bits per heavy atom. The highest BCUT2D eigenvalue weighted by atomic mass is 32.2. The second kappa shape index (κ2) is 41.3. The molecular formula is C84H95N19O6S2. The third-order valence-corrected chi connectivity index (χ3v) is 21.8. The molecule has 1 atom stereocenters. The quantitative estimate of drug-likeness (QED) is 0.0143. The van der Waals surface area contributed by atoms with Crippen LogP contribution in [-0.4, -0.2) is 169 Å². The molecule has 27 heteroatoms. The van der Waals surface area contributed by atoms with Crippen LogP contribution in [0.15, 0.2) is 201 Å². The Hall–Kier alpha value is -11.6. The molecule has 574 valence electrons. The van der Waals surface area contributed by atoms with Crippen LogP contribution < -0.4 is 31.9 Å². The maximum atomic E-state index is 13.0. The number of aryl methyl sites for hydroxylation is 3. The van der Waals surface area contributed by atoms with Gasteiger partial charge >= 0.3 is 12.1 Å². The van der Waals surface area contributed by atoms with Crippen LogP contribution in [0.3, 0.4) is 0 Å². The topological polar surface area (TPSA) is 327 Å². The Labute approximate surface area is 657 Å². The predicted octanol–water partition coefficient (Wildman–Crippen LogP) is 15.6. The Morgan fingerprint density at radius 2 is 0.955 bits per heavy atom. The van der Waals surface area contributed by atoms with Gasteiger partial charge in [0.2, 0.25) is 23.8 Å². The number of Topliss-reactive ketones (excluding diaryl/α,β-unsaturated/α-hetero) is 2. The minimum absolute atomic E-state index is 0.00592. The number of hydrogen-bond acceptors (Lipinski definition) is 22. The lowest BCUT2D eigenvalue weighted by atomic mass is 9.90. The molecule has 0 aliphatic carbocycles. The average Bonchev–Trinajstić information content (AvgIpc) is 0.839. The number of anilines is 9. The van der Waals surface area contributed by atoms with Crippen molar-refractivity contribution in [1.82, 2.24) is 59.6 Å². The van der Waals surface area contributed by atoms with E-state index in [2.05, 4.69) is 101 Å². The van der Waals surface area contributed by atoms with Crippen LogP contribution in [0.5, 0.6) is 0 Å². The molecule has 5 amide bonds. The molecule has 3 saturated heterocycles. The van der Waals surface area contributed by atoms with E-state index in [0.29, 0.717) is 95.6 Å². The van der Waals surface area contributed by atoms with Gasteiger partial charge in [-0.15, -0.1) is 0 Å². The van der Waals surface area contributed by atoms with Gasteiger partial charge in [0.15, 0.2) is 11.6 Å². The second-order valence-electron chi connectivity index (χ2n) is 27.5. The monoisotopic (exact) mass is 1530 g/mol. The van der Waals surface area contributed by atoms with E-state index in [9.17, 15) is 29.1 Å². The van der Waals surface area contributed by atoms with Crippen molar-refractivity contribution in [3.8, 4) is 39.8 Å². The third-order valence-electron chi connectivity index (χ3n) is 19.4. The number of hydrogen-bond donors (Lipinski definition) is 7. The molecule has 1 unspecified atom stereocenters. The van der Waals surface area contributed by atoms with Gasteiger partial charge in [0.05, 0.1) is 34.8 Å². The number of benzene rings is 3. The summed E-state index contributed by atoms with van der Waals surface area (Å²) in [6.45, 7) is 25.7. The zero-order chi connectivity index (χ0) is 78.6. The summed E-state index contributed by atoms with van der Waals surface area (Å²) in [5.41, 5.74) is 14.2. The first-order chi connectivity index (χ1) is 53.7. The number of thioether (sulfide) groups is 2. The zero-order valence-corrected chi connectivity index (χ0v) is 65.0. The van der Waals surface area contributed by atoms with Gasteiger partial charge in [-0.1, -0.05) is 37.9 Å². The van der Waals surface area contributed by atoms with E-state index in [1.54, 1.807) is 93.1 Å². The molecule has 3 aliphatic heterocycles. The zero-order valence-electron chi connectivity index (χ0n) is 63.4. The van der Waals surface area contributed by atoms with Crippen molar-refractivity contribution in [2.75, 3.05) is 95.0 Å². The standard InChI is InChI=1S/C29H34N6O2S.C28H31N7O2.C27H30N6O2S/c1-20-6-7-25(17-27(20)34-29-31-12-8-26(33-29)24-5-4-11-30-18-24)32-28(37)23-9-13-35(14-10-23)15-16-38-19-21(2)22(3)36;1-19-5-7-23(16-25(19)34-27-31-13-9-24(33-27)22-4-3-12-30-18-22)32-28(37)35-14-10-21(11-15-35)6-8-26(36)20(2)17-29;1-18-6-7-22(30-27(35)33-13-9-23(10-14-33)36-17-19(2)20(3)34)15-25(18)32-26-29-12-8-24(31-26)21-5-4-11-28-16-21/h4-8,11-12,17-18,23H,2,9-10,13-16,19H2,1,3H3,(H,32,37)(H,31,33,34);3-5,7,9,12-13,16,18,21,26,36H,2,6,8,10-11,14-15H2,1H3,(H,32,37)(H,31,33,34);4-8,11-12,15-16,23H,2,9-10,13-14,17H2,1,3H3,(H,30,35)(H,29,31,32). The van der Waals surface area contributed by atoms with Crippen molar-refractivity contribution in [2.45, 2.75) is 97.3 Å². The van der Waals surface area contributed by atoms with Gasteiger partial charge in [-0.2, -0.15) is 28.8 Å². The molecule has 9 aromatic rings. The number of carbonyl (C=O) groups excluding carboxylic acids is 5. The van der Waals surface area contributed by atoms with E-state index >= 15 is 0 Å². The van der Waals surface area contributed by atoms with Crippen molar-refractivity contribution < 1.29 is 29.1 Å². The van der Waals surface area contributed by atoms with Gasteiger partial charge in [-0.05, 0) is 224 Å². The van der Waals surface area contributed by atoms with Gasteiger partial charge in [-0.25, -0.2) is 39.5 Å². The van der Waals surface area contributed by atoms with Crippen molar-refractivity contribution in [2.24, 2.45) is 11.8 Å². The fourth-order valence-corrected chi connectivity index (χ4v) is 14.5. The lowest BCUT2D eigenvalue weighted by molar-refractivity contribution is -0.121. The molecule has 9 heterocycles. The van der Waals surface area contributed by atoms with Crippen LogP contribution in [0.25, 0.3) is 33.8 Å². The molecule has 0 bridgehead atoms. The van der Waals surface area contributed by atoms with Crippen molar-refractivity contribution >= 4 is 105 Å². The molecule has 3 aromatic carbocycles. The maximum Gasteiger partial charge on any atom is 0.321 e. The molecule has 25 nitrogen and oxygen atoms in total. The van der Waals surface area contributed by atoms with Crippen LogP contribution >= 0.6 is 23.5 Å². The number of nitriles is 1. The molecule has 12 rings (SSSR count). The largest absolute Gasteiger partial charge is 0.388 e. The number of piperidine rings is 3. The lowest BCUT2D eigenvalue weighted by Gasteiger charge is -2.32. The first-order valence-electron chi connectivity index (χ1n) is 37.0. The molecule has 111 heavy (non-hydrogen) atoms. The van der Waals surface area contributed by atoms with E-state index in [4.69, 9.17) is 5.26 Å². The number of amides is 5. The number of rotatable bonds is 27. The summed E-state index contributed by atoms with van der Waals surface area (Å²) in [5, 5.41) is 38.2. The number of ketones is 2. The van der Waals surface area contributed by atoms with E-state index in [0.717, 1.165) is 144 Å². The number of urea groups is 2. The molecule has 0 saturated carbocycles. The summed E-state index contributed by atoms with van der Waals surface area (Å²) in [6, 6.07) is 35.9. The van der Waals surface area contributed by atoms with Crippen molar-refractivity contribution in [3.05, 3.63) is 218 Å². The Kier molecular flexibility index (Phi) is 30.5. The number of nitrogens with one attached hydrogen (secondary N) is 6. The highest BCUT2D eigenvalue weighted by Gasteiger charge is 2.28. The number of likely N-dealkylation sites (tertiary alicyclic amines) is 3. The molecule has 3 aliphatic rings. The number of pyridine rings is 3. The first kappa shape index (κ1) is 81.9. The molecule has 3 fully saturated rings. The highest BCUT2D eigenvalue weighted by Crippen LogP contribution is 2.32. The van der Waals surface area contributed by atoms with Crippen LogP contribution in [-0.2, 0) is 14.4 Å². The normalized spacial score (nSPS) is 14.1. The number of aromatic nitrogens is 9. The summed E-state index contributed by atoms with van der Waals surface area (Å²) < 4.78 is 0. The van der Waals surface area contributed by atoms with Crippen LogP contribution in [0.1, 0.15) is 81.9 Å². The fraction of sp³-hybridized carbons (Fsp3) is 0.321. The highest BCUT2D eigenvalue weighted by molar-refractivity contribution is 8.00. The van der Waals surface area contributed by atoms with Gasteiger partial charge < -0.3 is 51.7 Å². The smallest absolute Gasteiger partial charge is 0.321 e. The van der Waals surface area contributed by atoms with E-state index in [1.807, 2.05) is 146 Å². The molecular weight excluding hydrogens is 1440 g/mol. The van der Waals surface area contributed by atoms with E-state index in [-0.39, 0.29) is 41.0 Å². The molecule has 0 spiro atoms. The lowest BCUT2D eigenvalue weighted by Crippen LogP contribution is -2.41. The number of nitrogens with zero attached hydrogens (tertiary/aromatic N) is 13.